The second-order valence-electron chi connectivity index (χ2n) is 0.829. The number of hydrogen-bond donors (Lipinski definition) is 0. The average molecular weight is 178 g/mol. The van der Waals surface area contributed by atoms with E-state index >= 15 is 0 Å². The Morgan fingerprint density at radius 3 is 2.71 bits per heavy atom. The second kappa shape index (κ2) is 4.19. The van der Waals surface area contributed by atoms with Gasteiger partial charge in [-0.3, -0.25) is 0 Å². The largest absolute Gasteiger partial charge is 0.213 e. The monoisotopic (exact) mass is 177 g/mol. The summed E-state index contributed by atoms with van der Waals surface area (Å²) in [5, 5.41) is 2.21. The van der Waals surface area contributed by atoms with Crippen molar-refractivity contribution in [3.05, 3.63) is 12.7 Å². The minimum atomic E-state index is -0.0648. The van der Waals surface area contributed by atoms with Gasteiger partial charge in [-0.05, 0) is 12.2 Å². The van der Waals surface area contributed by atoms with E-state index in [2.05, 4.69) is 44.9 Å². The number of hydrogen-bond acceptors (Lipinski definition) is 2. The number of alkyl halides is 1. The van der Waals surface area contributed by atoms with E-state index in [0.29, 0.717) is 0 Å². The molecule has 0 saturated carbocycles. The third-order valence-electron chi connectivity index (χ3n) is 0.371. The van der Waals surface area contributed by atoms with Crippen LogP contribution in [0.1, 0.15) is 0 Å². The van der Waals surface area contributed by atoms with Crippen molar-refractivity contribution in [1.29, 1.82) is 0 Å². The molecule has 0 bridgehead atoms. The van der Waals surface area contributed by atoms with E-state index in [0.717, 1.165) is 0 Å². The Balaban J connectivity index is 3.56. The van der Waals surface area contributed by atoms with E-state index in [1.807, 2.05) is 0 Å². The van der Waals surface area contributed by atoms with Crippen LogP contribution in [-0.4, -0.2) is 10.1 Å². The lowest BCUT2D eigenvalue weighted by atomic mass is 10.7. The molecule has 3 heteroatoms. The summed E-state index contributed by atoms with van der Waals surface area (Å²) >= 11 is 7.42. The van der Waals surface area contributed by atoms with E-state index in [1.165, 1.54) is 0 Å². The Kier molecular flexibility index (Phi) is 4.20. The highest BCUT2D eigenvalue weighted by atomic mass is 79.9. The summed E-state index contributed by atoms with van der Waals surface area (Å²) in [6.45, 7) is 3.45. The first-order valence-electron chi connectivity index (χ1n) is 1.65. The van der Waals surface area contributed by atoms with Crippen LogP contribution in [0.15, 0.2) is 17.6 Å². The van der Waals surface area contributed by atoms with Gasteiger partial charge < -0.3 is 0 Å². The van der Waals surface area contributed by atoms with Crippen LogP contribution in [0, 0.1) is 0 Å². The lowest BCUT2D eigenvalue weighted by Gasteiger charge is -1.84. The number of isothiocyanates is 1. The molecule has 1 atom stereocenters. The van der Waals surface area contributed by atoms with Gasteiger partial charge in [0.25, 0.3) is 0 Å². The summed E-state index contributed by atoms with van der Waals surface area (Å²) in [6.07, 6.45) is 1.62. The van der Waals surface area contributed by atoms with Crippen LogP contribution >= 0.6 is 28.1 Å². The second-order valence-corrected chi connectivity index (χ2v) is 1.95. The van der Waals surface area contributed by atoms with Crippen molar-refractivity contribution in [2.45, 2.75) is 4.95 Å². The normalized spacial score (nSPS) is 11.6. The minimum Gasteiger partial charge on any atom is -0.213 e. The molecule has 0 fully saturated rings. The predicted octanol–water partition coefficient (Wildman–Crippen LogP) is 2.00. The van der Waals surface area contributed by atoms with Gasteiger partial charge in [0.1, 0.15) is 4.95 Å². The average Bonchev–Trinajstić information content (AvgIpc) is 1.68. The zero-order valence-corrected chi connectivity index (χ0v) is 6.00. The summed E-state index contributed by atoms with van der Waals surface area (Å²) in [4.78, 5) is 3.54. The summed E-state index contributed by atoms with van der Waals surface area (Å²) in [5.74, 6) is 0. The van der Waals surface area contributed by atoms with Crippen LogP contribution in [0.5, 0.6) is 0 Å². The molecule has 1 nitrogen and oxygen atoms in total. The molecule has 0 aliphatic rings. The molecular formula is C4H4BrNS. The number of halogens is 1. The van der Waals surface area contributed by atoms with Crippen molar-refractivity contribution >= 4 is 33.3 Å². The fourth-order valence-corrected chi connectivity index (χ4v) is 0.455. The molecule has 0 aromatic heterocycles. The molecule has 0 radical (unpaired) electrons. The van der Waals surface area contributed by atoms with Gasteiger partial charge in [0.15, 0.2) is 0 Å². The van der Waals surface area contributed by atoms with Gasteiger partial charge in [-0.15, -0.1) is 6.58 Å². The maximum absolute atomic E-state index is 4.30. The summed E-state index contributed by atoms with van der Waals surface area (Å²) in [7, 11) is 0. The molecule has 0 aliphatic carbocycles. The quantitative estimate of drug-likeness (QED) is 0.207. The first kappa shape index (κ1) is 7.02. The van der Waals surface area contributed by atoms with Gasteiger partial charge in [-0.2, -0.15) is 0 Å². The Hall–Kier alpha value is 0.0200. The number of nitrogens with zero attached hydrogens (tertiary/aromatic N) is 1. The van der Waals surface area contributed by atoms with Crippen LogP contribution < -0.4 is 0 Å². The highest BCUT2D eigenvalue weighted by molar-refractivity contribution is 9.09. The zero-order valence-electron chi connectivity index (χ0n) is 3.60. The smallest absolute Gasteiger partial charge is 0.133 e. The van der Waals surface area contributed by atoms with Crippen LogP contribution in [0.2, 0.25) is 0 Å². The lowest BCUT2D eigenvalue weighted by molar-refractivity contribution is 1.21. The minimum absolute atomic E-state index is 0.0648. The van der Waals surface area contributed by atoms with Crippen LogP contribution in [0.4, 0.5) is 0 Å². The number of aliphatic imine (C=N–C) groups is 1. The van der Waals surface area contributed by atoms with Gasteiger partial charge >= 0.3 is 0 Å². The Labute approximate surface area is 56.3 Å². The fourth-order valence-electron chi connectivity index (χ4n) is 0.103. The first-order valence-corrected chi connectivity index (χ1v) is 2.97. The molecule has 0 spiro atoms. The van der Waals surface area contributed by atoms with Gasteiger partial charge in [0.2, 0.25) is 0 Å². The van der Waals surface area contributed by atoms with E-state index in [9.17, 15) is 0 Å². The van der Waals surface area contributed by atoms with Crippen LogP contribution in [-0.2, 0) is 0 Å². The van der Waals surface area contributed by atoms with E-state index in [1.54, 1.807) is 6.08 Å². The molecule has 0 heterocycles. The third-order valence-corrected chi connectivity index (χ3v) is 1.05. The molecule has 1 unspecified atom stereocenters. The molecule has 7 heavy (non-hydrogen) atoms. The molecule has 0 rings (SSSR count). The number of rotatable bonds is 2. The Morgan fingerprint density at radius 2 is 2.57 bits per heavy atom. The number of thiocarbonyl (C=S) groups is 1. The Bertz CT molecular complexity index is 106. The van der Waals surface area contributed by atoms with Crippen LogP contribution in [0.25, 0.3) is 0 Å². The van der Waals surface area contributed by atoms with E-state index < -0.39 is 0 Å². The standard InChI is InChI=1S/C4H4BrNS/c1-2-4(5)6-3-7/h2,4H,1H2. The van der Waals surface area contributed by atoms with Gasteiger partial charge in [-0.25, -0.2) is 4.99 Å². The molecule has 0 aliphatic heterocycles. The lowest BCUT2D eigenvalue weighted by Crippen LogP contribution is -1.80. The molecule has 0 saturated heterocycles. The highest BCUT2D eigenvalue weighted by Crippen LogP contribution is 1.98. The molecule has 0 aromatic rings. The van der Waals surface area contributed by atoms with Gasteiger partial charge in [0.05, 0.1) is 5.16 Å². The molecule has 0 amide bonds. The summed E-state index contributed by atoms with van der Waals surface area (Å²) < 4.78 is 0. The van der Waals surface area contributed by atoms with E-state index in [-0.39, 0.29) is 4.95 Å². The highest BCUT2D eigenvalue weighted by Gasteiger charge is 1.85. The zero-order chi connectivity index (χ0) is 5.70. The first-order chi connectivity index (χ1) is 3.31. The SMILES string of the molecule is C=CC(Br)N=C=S. The molecule has 0 N–H and O–H groups in total. The molecular weight excluding hydrogens is 174 g/mol. The van der Waals surface area contributed by atoms with Crippen molar-refractivity contribution in [3.8, 4) is 0 Å². The summed E-state index contributed by atoms with van der Waals surface area (Å²) in [5.41, 5.74) is 0. The van der Waals surface area contributed by atoms with Crippen molar-refractivity contribution in [3.63, 3.8) is 0 Å². The molecule has 0 aromatic carbocycles. The Morgan fingerprint density at radius 1 is 2.00 bits per heavy atom. The van der Waals surface area contributed by atoms with Crippen molar-refractivity contribution in [1.82, 2.24) is 0 Å². The van der Waals surface area contributed by atoms with Crippen molar-refractivity contribution in [2.24, 2.45) is 4.99 Å². The van der Waals surface area contributed by atoms with E-state index in [4.69, 9.17) is 0 Å². The van der Waals surface area contributed by atoms with Crippen molar-refractivity contribution < 1.29 is 0 Å². The maximum Gasteiger partial charge on any atom is 0.133 e. The van der Waals surface area contributed by atoms with Gasteiger partial charge in [0, 0.05) is 0 Å². The topological polar surface area (TPSA) is 12.4 Å². The third kappa shape index (κ3) is 3.86. The van der Waals surface area contributed by atoms with Gasteiger partial charge in [-0.1, -0.05) is 22.0 Å². The van der Waals surface area contributed by atoms with Crippen molar-refractivity contribution in [2.75, 3.05) is 0 Å². The summed E-state index contributed by atoms with van der Waals surface area (Å²) in [6, 6.07) is 0. The fraction of sp³-hybridized carbons (Fsp3) is 0.250. The predicted molar refractivity (Wildman–Crippen MR) is 37.9 cm³/mol. The molecule has 38 valence electrons. The maximum atomic E-state index is 4.30. The van der Waals surface area contributed by atoms with Crippen LogP contribution in [0.3, 0.4) is 0 Å².